The lowest BCUT2D eigenvalue weighted by atomic mass is 9.89. The van der Waals surface area contributed by atoms with Crippen LogP contribution in [0.5, 0.6) is 0 Å². The molecule has 2 heteroatoms. The van der Waals surface area contributed by atoms with Gasteiger partial charge in [0.2, 0.25) is 0 Å². The maximum atomic E-state index is 14.0. The second-order valence-corrected chi connectivity index (χ2v) is 4.86. The largest absolute Gasteiger partial charge is 0.306 e. The van der Waals surface area contributed by atoms with E-state index in [-0.39, 0.29) is 11.9 Å². The van der Waals surface area contributed by atoms with E-state index >= 15 is 0 Å². The van der Waals surface area contributed by atoms with Crippen LogP contribution in [0.3, 0.4) is 0 Å². The van der Waals surface area contributed by atoms with Gasteiger partial charge in [0.25, 0.3) is 0 Å². The number of benzene rings is 2. The Labute approximate surface area is 107 Å². The lowest BCUT2D eigenvalue weighted by Gasteiger charge is -2.27. The zero-order valence-corrected chi connectivity index (χ0v) is 10.4. The van der Waals surface area contributed by atoms with Crippen molar-refractivity contribution in [2.75, 3.05) is 6.54 Å². The lowest BCUT2D eigenvalue weighted by molar-refractivity contribution is 0.528. The zero-order valence-electron chi connectivity index (χ0n) is 10.4. The minimum atomic E-state index is -0.130. The summed E-state index contributed by atoms with van der Waals surface area (Å²) in [4.78, 5) is 0. The molecule has 1 heterocycles. The number of fused-ring (bicyclic) bond motifs is 1. The average molecular weight is 241 g/mol. The standard InChI is InChI=1S/C16H16FN/c1-11-6-7-15(17)14(10-11)16-13-5-3-2-4-12(13)8-9-18-16/h2-7,10,16,18H,8-9H2,1H3. The van der Waals surface area contributed by atoms with Crippen LogP contribution in [-0.4, -0.2) is 6.54 Å². The smallest absolute Gasteiger partial charge is 0.128 e. The topological polar surface area (TPSA) is 12.0 Å². The van der Waals surface area contributed by atoms with Crippen molar-refractivity contribution in [1.82, 2.24) is 5.32 Å². The maximum Gasteiger partial charge on any atom is 0.128 e. The summed E-state index contributed by atoms with van der Waals surface area (Å²) in [5.41, 5.74) is 4.37. The molecule has 1 unspecified atom stereocenters. The minimum absolute atomic E-state index is 0.0187. The Hall–Kier alpha value is -1.67. The summed E-state index contributed by atoms with van der Waals surface area (Å²) < 4.78 is 14.0. The molecule has 2 aromatic rings. The number of halogens is 1. The van der Waals surface area contributed by atoms with Gasteiger partial charge in [0.1, 0.15) is 5.82 Å². The molecule has 1 atom stereocenters. The zero-order chi connectivity index (χ0) is 12.5. The summed E-state index contributed by atoms with van der Waals surface area (Å²) in [5.74, 6) is -0.130. The molecule has 0 fully saturated rings. The van der Waals surface area contributed by atoms with Gasteiger partial charge in [-0.25, -0.2) is 4.39 Å². The number of nitrogens with one attached hydrogen (secondary N) is 1. The van der Waals surface area contributed by atoms with Crippen LogP contribution in [0.25, 0.3) is 0 Å². The first-order chi connectivity index (χ1) is 8.75. The Morgan fingerprint density at radius 1 is 1.11 bits per heavy atom. The summed E-state index contributed by atoms with van der Waals surface area (Å²) >= 11 is 0. The molecule has 2 aromatic carbocycles. The highest BCUT2D eigenvalue weighted by atomic mass is 19.1. The Kier molecular flexibility index (Phi) is 2.88. The SMILES string of the molecule is Cc1ccc(F)c(C2NCCc3ccccc32)c1. The quantitative estimate of drug-likeness (QED) is 0.807. The molecule has 0 amide bonds. The second-order valence-electron chi connectivity index (χ2n) is 4.86. The third-order valence-electron chi connectivity index (χ3n) is 3.57. The van der Waals surface area contributed by atoms with Gasteiger partial charge >= 0.3 is 0 Å². The van der Waals surface area contributed by atoms with Crippen molar-refractivity contribution in [2.45, 2.75) is 19.4 Å². The number of rotatable bonds is 1. The highest BCUT2D eigenvalue weighted by Gasteiger charge is 2.23. The van der Waals surface area contributed by atoms with Crippen LogP contribution in [0.4, 0.5) is 4.39 Å². The van der Waals surface area contributed by atoms with E-state index in [4.69, 9.17) is 0 Å². The van der Waals surface area contributed by atoms with Crippen LogP contribution < -0.4 is 5.32 Å². The Balaban J connectivity index is 2.11. The van der Waals surface area contributed by atoms with Crippen molar-refractivity contribution in [3.05, 3.63) is 70.5 Å². The molecule has 0 aromatic heterocycles. The van der Waals surface area contributed by atoms with E-state index in [1.54, 1.807) is 6.07 Å². The molecule has 0 saturated carbocycles. The van der Waals surface area contributed by atoms with E-state index in [1.165, 1.54) is 11.1 Å². The predicted molar refractivity (Wildman–Crippen MR) is 71.1 cm³/mol. The number of hydrogen-bond acceptors (Lipinski definition) is 1. The maximum absolute atomic E-state index is 14.0. The molecule has 0 bridgehead atoms. The van der Waals surface area contributed by atoms with Crippen molar-refractivity contribution in [3.8, 4) is 0 Å². The van der Waals surface area contributed by atoms with Crippen LogP contribution in [0.2, 0.25) is 0 Å². The van der Waals surface area contributed by atoms with Crippen LogP contribution in [0.15, 0.2) is 42.5 Å². The summed E-state index contributed by atoms with van der Waals surface area (Å²) in [5, 5.41) is 3.42. The molecular formula is C16H16FN. The van der Waals surface area contributed by atoms with E-state index in [0.29, 0.717) is 0 Å². The summed E-state index contributed by atoms with van der Waals surface area (Å²) in [6.07, 6.45) is 1.01. The van der Waals surface area contributed by atoms with Crippen LogP contribution in [0, 0.1) is 12.7 Å². The van der Waals surface area contributed by atoms with Gasteiger partial charge in [-0.05, 0) is 30.5 Å². The van der Waals surface area contributed by atoms with Gasteiger partial charge in [0.15, 0.2) is 0 Å². The summed E-state index contributed by atoms with van der Waals surface area (Å²) in [6.45, 7) is 2.90. The molecule has 1 aliphatic heterocycles. The third-order valence-corrected chi connectivity index (χ3v) is 3.57. The Bertz CT molecular complexity index is 577. The molecule has 92 valence electrons. The number of hydrogen-bond donors (Lipinski definition) is 1. The first-order valence-corrected chi connectivity index (χ1v) is 6.33. The van der Waals surface area contributed by atoms with Crippen molar-refractivity contribution in [3.63, 3.8) is 0 Å². The fourth-order valence-electron chi connectivity index (χ4n) is 2.67. The fraction of sp³-hybridized carbons (Fsp3) is 0.250. The molecule has 18 heavy (non-hydrogen) atoms. The molecule has 0 spiro atoms. The molecule has 0 radical (unpaired) electrons. The normalized spacial score (nSPS) is 18.4. The second kappa shape index (κ2) is 4.54. The molecule has 3 rings (SSSR count). The van der Waals surface area contributed by atoms with E-state index in [0.717, 1.165) is 24.1 Å². The Morgan fingerprint density at radius 3 is 2.83 bits per heavy atom. The minimum Gasteiger partial charge on any atom is -0.306 e. The monoisotopic (exact) mass is 241 g/mol. The van der Waals surface area contributed by atoms with Gasteiger partial charge in [-0.3, -0.25) is 0 Å². The van der Waals surface area contributed by atoms with Gasteiger partial charge in [0, 0.05) is 12.1 Å². The van der Waals surface area contributed by atoms with Crippen LogP contribution >= 0.6 is 0 Å². The van der Waals surface area contributed by atoms with E-state index < -0.39 is 0 Å². The van der Waals surface area contributed by atoms with Gasteiger partial charge < -0.3 is 5.32 Å². The molecule has 0 aliphatic carbocycles. The molecule has 1 N–H and O–H groups in total. The van der Waals surface area contributed by atoms with E-state index in [2.05, 4.69) is 17.4 Å². The highest BCUT2D eigenvalue weighted by molar-refractivity contribution is 5.41. The van der Waals surface area contributed by atoms with Crippen molar-refractivity contribution < 1.29 is 4.39 Å². The van der Waals surface area contributed by atoms with Crippen molar-refractivity contribution >= 4 is 0 Å². The lowest BCUT2D eigenvalue weighted by Crippen LogP contribution is -2.31. The fourth-order valence-corrected chi connectivity index (χ4v) is 2.67. The molecule has 0 saturated heterocycles. The first-order valence-electron chi connectivity index (χ1n) is 6.33. The molecular weight excluding hydrogens is 225 g/mol. The van der Waals surface area contributed by atoms with Gasteiger partial charge in [-0.1, -0.05) is 42.0 Å². The molecule has 1 nitrogen and oxygen atoms in total. The van der Waals surface area contributed by atoms with E-state index in [9.17, 15) is 4.39 Å². The summed E-state index contributed by atoms with van der Waals surface area (Å²) in [6, 6.07) is 13.6. The summed E-state index contributed by atoms with van der Waals surface area (Å²) in [7, 11) is 0. The van der Waals surface area contributed by atoms with Gasteiger partial charge in [0.05, 0.1) is 6.04 Å². The highest BCUT2D eigenvalue weighted by Crippen LogP contribution is 2.30. The van der Waals surface area contributed by atoms with Crippen LogP contribution in [0.1, 0.15) is 28.3 Å². The average Bonchev–Trinajstić information content (AvgIpc) is 2.41. The Morgan fingerprint density at radius 2 is 1.94 bits per heavy atom. The van der Waals surface area contributed by atoms with Gasteiger partial charge in [-0.2, -0.15) is 0 Å². The number of aryl methyl sites for hydroxylation is 1. The third kappa shape index (κ3) is 1.93. The van der Waals surface area contributed by atoms with E-state index in [1.807, 2.05) is 31.2 Å². The van der Waals surface area contributed by atoms with Crippen molar-refractivity contribution in [1.29, 1.82) is 0 Å². The van der Waals surface area contributed by atoms with Crippen LogP contribution in [-0.2, 0) is 6.42 Å². The first kappa shape index (κ1) is 11.4. The predicted octanol–water partition coefficient (Wildman–Crippen LogP) is 3.37. The van der Waals surface area contributed by atoms with Crippen molar-refractivity contribution in [2.24, 2.45) is 0 Å². The van der Waals surface area contributed by atoms with Gasteiger partial charge in [-0.15, -0.1) is 0 Å². The molecule has 1 aliphatic rings.